The summed E-state index contributed by atoms with van der Waals surface area (Å²) < 4.78 is 0. The molecule has 2 aromatic rings. The highest BCUT2D eigenvalue weighted by Gasteiger charge is 2.26. The van der Waals surface area contributed by atoms with Crippen molar-refractivity contribution in [1.29, 1.82) is 0 Å². The van der Waals surface area contributed by atoms with E-state index in [-0.39, 0.29) is 17.7 Å². The fourth-order valence-corrected chi connectivity index (χ4v) is 4.70. The van der Waals surface area contributed by atoms with Gasteiger partial charge >= 0.3 is 0 Å². The van der Waals surface area contributed by atoms with E-state index in [1.807, 2.05) is 41.6 Å². The number of thiophene rings is 1. The third-order valence-electron chi connectivity index (χ3n) is 4.57. The predicted octanol–water partition coefficient (Wildman–Crippen LogP) is 3.43. The summed E-state index contributed by atoms with van der Waals surface area (Å²) in [6, 6.07) is 4.00. The number of hydrogen-bond acceptors (Lipinski definition) is 5. The maximum Gasteiger partial charge on any atom is 0.227 e. The van der Waals surface area contributed by atoms with Crippen molar-refractivity contribution < 1.29 is 9.59 Å². The van der Waals surface area contributed by atoms with Crippen molar-refractivity contribution in [2.75, 3.05) is 13.1 Å². The van der Waals surface area contributed by atoms with Crippen molar-refractivity contribution in [3.63, 3.8) is 0 Å². The second-order valence-corrected chi connectivity index (χ2v) is 8.91. The van der Waals surface area contributed by atoms with Crippen LogP contribution < -0.4 is 5.32 Å². The summed E-state index contributed by atoms with van der Waals surface area (Å²) in [5, 5.41) is 8.01. The summed E-state index contributed by atoms with van der Waals surface area (Å²) in [4.78, 5) is 32.1. The fourth-order valence-electron chi connectivity index (χ4n) is 3.05. The number of carbonyl (C=O) groups excluding carboxylic acids is 2. The molecule has 0 radical (unpaired) electrons. The monoisotopic (exact) mass is 391 g/mol. The molecule has 140 valence electrons. The maximum absolute atomic E-state index is 12.6. The SMILES string of the molecule is CC(C)C(=O)NCc1csc([C@H]2CCCN(C(=O)Cc3cccs3)C2)n1. The summed E-state index contributed by atoms with van der Waals surface area (Å²) in [7, 11) is 0. The lowest BCUT2D eigenvalue weighted by Crippen LogP contribution is -2.39. The van der Waals surface area contributed by atoms with E-state index < -0.39 is 0 Å². The Morgan fingerprint density at radius 1 is 1.38 bits per heavy atom. The minimum atomic E-state index is -0.0191. The molecule has 1 atom stereocenters. The molecule has 1 saturated heterocycles. The van der Waals surface area contributed by atoms with Gasteiger partial charge in [-0.05, 0) is 24.3 Å². The molecular weight excluding hydrogens is 366 g/mol. The molecule has 5 nitrogen and oxygen atoms in total. The lowest BCUT2D eigenvalue weighted by atomic mass is 9.98. The number of aromatic nitrogens is 1. The number of carbonyl (C=O) groups is 2. The Bertz CT molecular complexity index is 740. The van der Waals surface area contributed by atoms with Crippen LogP contribution in [0.25, 0.3) is 0 Å². The predicted molar refractivity (Wildman–Crippen MR) is 105 cm³/mol. The van der Waals surface area contributed by atoms with Gasteiger partial charge in [-0.2, -0.15) is 0 Å². The highest BCUT2D eigenvalue weighted by Crippen LogP contribution is 2.29. The molecular formula is C19H25N3O2S2. The van der Waals surface area contributed by atoms with E-state index in [2.05, 4.69) is 5.32 Å². The number of piperidine rings is 1. The molecule has 3 heterocycles. The van der Waals surface area contributed by atoms with Gasteiger partial charge in [0.15, 0.2) is 0 Å². The van der Waals surface area contributed by atoms with Gasteiger partial charge in [-0.3, -0.25) is 9.59 Å². The first-order valence-electron chi connectivity index (χ1n) is 9.05. The Labute approximate surface area is 162 Å². The molecule has 2 amide bonds. The second kappa shape index (κ2) is 8.77. The highest BCUT2D eigenvalue weighted by atomic mass is 32.1. The summed E-state index contributed by atoms with van der Waals surface area (Å²) in [5.41, 5.74) is 0.904. The third kappa shape index (κ3) is 4.92. The average Bonchev–Trinajstić information content (AvgIpc) is 3.31. The third-order valence-corrected chi connectivity index (χ3v) is 6.50. The first-order chi connectivity index (χ1) is 12.5. The van der Waals surface area contributed by atoms with Crippen LogP contribution in [0.5, 0.6) is 0 Å². The average molecular weight is 392 g/mol. The van der Waals surface area contributed by atoms with E-state index in [0.717, 1.165) is 41.5 Å². The molecule has 0 aliphatic carbocycles. The molecule has 1 fully saturated rings. The first kappa shape index (κ1) is 19.0. The summed E-state index contributed by atoms with van der Waals surface area (Å²) in [5.74, 6) is 0.533. The lowest BCUT2D eigenvalue weighted by Gasteiger charge is -2.31. The van der Waals surface area contributed by atoms with Crippen LogP contribution in [-0.4, -0.2) is 34.8 Å². The Hall–Kier alpha value is -1.73. The van der Waals surface area contributed by atoms with Gasteiger partial charge in [-0.15, -0.1) is 22.7 Å². The van der Waals surface area contributed by atoms with Crippen molar-refractivity contribution in [3.8, 4) is 0 Å². The normalized spacial score (nSPS) is 17.5. The van der Waals surface area contributed by atoms with Crippen molar-refractivity contribution in [2.24, 2.45) is 5.92 Å². The highest BCUT2D eigenvalue weighted by molar-refractivity contribution is 7.10. The zero-order valence-electron chi connectivity index (χ0n) is 15.2. The molecule has 3 rings (SSSR count). The number of likely N-dealkylation sites (tertiary alicyclic amines) is 1. The quantitative estimate of drug-likeness (QED) is 0.821. The molecule has 2 aromatic heterocycles. The summed E-state index contributed by atoms with van der Waals surface area (Å²) >= 11 is 3.27. The van der Waals surface area contributed by atoms with E-state index in [9.17, 15) is 9.59 Å². The largest absolute Gasteiger partial charge is 0.350 e. The van der Waals surface area contributed by atoms with Gasteiger partial charge in [0, 0.05) is 35.2 Å². The summed E-state index contributed by atoms with van der Waals surface area (Å²) in [6.07, 6.45) is 2.57. The molecule has 7 heteroatoms. The zero-order chi connectivity index (χ0) is 18.5. The number of rotatable bonds is 6. The minimum Gasteiger partial charge on any atom is -0.350 e. The van der Waals surface area contributed by atoms with Crippen LogP contribution in [0.1, 0.15) is 48.2 Å². The van der Waals surface area contributed by atoms with Crippen LogP contribution in [0.3, 0.4) is 0 Å². The van der Waals surface area contributed by atoms with Gasteiger partial charge < -0.3 is 10.2 Å². The molecule has 0 spiro atoms. The van der Waals surface area contributed by atoms with Crippen LogP contribution in [0.4, 0.5) is 0 Å². The van der Waals surface area contributed by atoms with E-state index in [1.54, 1.807) is 22.7 Å². The minimum absolute atomic E-state index is 0.0191. The van der Waals surface area contributed by atoms with E-state index in [4.69, 9.17) is 4.98 Å². The Morgan fingerprint density at radius 2 is 2.23 bits per heavy atom. The van der Waals surface area contributed by atoms with Crippen LogP contribution in [0.15, 0.2) is 22.9 Å². The molecule has 0 bridgehead atoms. The van der Waals surface area contributed by atoms with Crippen molar-refractivity contribution in [1.82, 2.24) is 15.2 Å². The molecule has 1 aliphatic heterocycles. The van der Waals surface area contributed by atoms with Crippen molar-refractivity contribution in [2.45, 2.75) is 45.6 Å². The Morgan fingerprint density at radius 3 is 2.96 bits per heavy atom. The van der Waals surface area contributed by atoms with Crippen LogP contribution in [-0.2, 0) is 22.6 Å². The van der Waals surface area contributed by atoms with E-state index >= 15 is 0 Å². The maximum atomic E-state index is 12.6. The number of nitrogens with one attached hydrogen (secondary N) is 1. The van der Waals surface area contributed by atoms with Gasteiger partial charge in [0.05, 0.1) is 23.7 Å². The van der Waals surface area contributed by atoms with Gasteiger partial charge in [-0.25, -0.2) is 4.98 Å². The second-order valence-electron chi connectivity index (χ2n) is 6.98. The first-order valence-corrected chi connectivity index (χ1v) is 10.8. The van der Waals surface area contributed by atoms with Crippen molar-refractivity contribution >= 4 is 34.5 Å². The standard InChI is InChI=1S/C19H25N3O2S2/c1-13(2)18(24)20-10-15-12-26-19(21-15)14-5-3-7-22(11-14)17(23)9-16-6-4-8-25-16/h4,6,8,12-14H,3,5,7,9-11H2,1-2H3,(H,20,24)/t14-/m0/s1. The van der Waals surface area contributed by atoms with E-state index in [0.29, 0.717) is 18.9 Å². The smallest absolute Gasteiger partial charge is 0.227 e. The van der Waals surface area contributed by atoms with Gasteiger partial charge in [0.2, 0.25) is 11.8 Å². The Balaban J connectivity index is 1.56. The number of amides is 2. The van der Waals surface area contributed by atoms with Gasteiger partial charge in [0.1, 0.15) is 0 Å². The Kier molecular flexibility index (Phi) is 6.43. The van der Waals surface area contributed by atoms with Gasteiger partial charge in [0.25, 0.3) is 0 Å². The van der Waals surface area contributed by atoms with Gasteiger partial charge in [-0.1, -0.05) is 19.9 Å². The lowest BCUT2D eigenvalue weighted by molar-refractivity contribution is -0.131. The van der Waals surface area contributed by atoms with Crippen molar-refractivity contribution in [3.05, 3.63) is 38.5 Å². The number of nitrogens with zero attached hydrogens (tertiary/aromatic N) is 2. The zero-order valence-corrected chi connectivity index (χ0v) is 16.9. The molecule has 1 N–H and O–H groups in total. The molecule has 0 saturated carbocycles. The molecule has 0 unspecified atom stereocenters. The molecule has 26 heavy (non-hydrogen) atoms. The number of hydrogen-bond donors (Lipinski definition) is 1. The molecule has 0 aromatic carbocycles. The van der Waals surface area contributed by atoms with Crippen LogP contribution in [0, 0.1) is 5.92 Å². The topological polar surface area (TPSA) is 62.3 Å². The van der Waals surface area contributed by atoms with Crippen LogP contribution in [0.2, 0.25) is 0 Å². The fraction of sp³-hybridized carbons (Fsp3) is 0.526. The number of thiazole rings is 1. The van der Waals surface area contributed by atoms with Crippen LogP contribution >= 0.6 is 22.7 Å². The van der Waals surface area contributed by atoms with E-state index in [1.165, 1.54) is 0 Å². The summed E-state index contributed by atoms with van der Waals surface area (Å²) in [6.45, 7) is 5.82. The molecule has 1 aliphatic rings.